The summed E-state index contributed by atoms with van der Waals surface area (Å²) in [5.74, 6) is -4.11. The molecular formula is C25H21Cl2N3O6. The Morgan fingerprint density at radius 3 is 2.11 bits per heavy atom. The molecule has 6 atom stereocenters. The normalized spacial score (nSPS) is 28.1. The molecule has 1 heterocycles. The minimum atomic E-state index is -0.831. The molecule has 2 aromatic carbocycles. The maximum Gasteiger partial charge on any atom is 0.338 e. The first-order valence-corrected chi connectivity index (χ1v) is 12.2. The average Bonchev–Trinajstić information content (AvgIpc) is 3.51. The zero-order valence-electron chi connectivity index (χ0n) is 18.7. The standard InChI is InChI=1S/C25H21Cl2N3O6/c26-20-15-10-16(21(20)27)19-18(15)23(33)30(24(19)34)14-8-4-7-13(9-14)25(35)36-11-17(31)28-29-22(32)12-5-2-1-3-6-12/h1-9,15-16,18-21H,10-11H2,(H,28,31)(H,29,32)/t15-,16-,18-,19+,20+,21+/m1/s1. The van der Waals surface area contributed by atoms with Gasteiger partial charge in [0, 0.05) is 5.56 Å². The quantitative estimate of drug-likeness (QED) is 0.265. The number of esters is 1. The fraction of sp³-hybridized carbons (Fsp3) is 0.320. The number of ether oxygens (including phenoxy) is 1. The number of carbonyl (C=O) groups excluding carboxylic acids is 5. The molecule has 0 radical (unpaired) electrons. The van der Waals surface area contributed by atoms with E-state index in [1.807, 2.05) is 0 Å². The minimum absolute atomic E-state index is 0.0553. The highest BCUT2D eigenvalue weighted by Gasteiger charge is 2.66. The molecule has 0 unspecified atom stereocenters. The second-order valence-electron chi connectivity index (χ2n) is 9.01. The van der Waals surface area contributed by atoms with Crippen LogP contribution >= 0.6 is 23.2 Å². The number of hydrogen-bond donors (Lipinski definition) is 2. The number of rotatable bonds is 5. The van der Waals surface area contributed by atoms with E-state index >= 15 is 0 Å². The predicted octanol–water partition coefficient (Wildman–Crippen LogP) is 2.27. The van der Waals surface area contributed by atoms with E-state index in [1.54, 1.807) is 36.4 Å². The molecule has 9 nitrogen and oxygen atoms in total. The number of fused-ring (bicyclic) bond motifs is 5. The van der Waals surface area contributed by atoms with Crippen molar-refractivity contribution >= 4 is 58.5 Å². The second kappa shape index (κ2) is 9.55. The molecule has 2 saturated carbocycles. The summed E-state index contributed by atoms with van der Waals surface area (Å²) < 4.78 is 5.02. The van der Waals surface area contributed by atoms with Crippen molar-refractivity contribution in [3.63, 3.8) is 0 Å². The van der Waals surface area contributed by atoms with Crippen LogP contribution in [0.15, 0.2) is 54.6 Å². The third-order valence-electron chi connectivity index (χ3n) is 7.01. The minimum Gasteiger partial charge on any atom is -0.452 e. The molecule has 4 amide bonds. The van der Waals surface area contributed by atoms with Crippen molar-refractivity contribution in [2.45, 2.75) is 17.2 Å². The first-order valence-electron chi connectivity index (χ1n) is 11.4. The van der Waals surface area contributed by atoms with Crippen molar-refractivity contribution in [1.82, 2.24) is 10.9 Å². The Labute approximate surface area is 216 Å². The molecule has 3 fully saturated rings. The van der Waals surface area contributed by atoms with E-state index in [-0.39, 0.29) is 45.7 Å². The summed E-state index contributed by atoms with van der Waals surface area (Å²) in [7, 11) is 0. The van der Waals surface area contributed by atoms with Crippen LogP contribution in [0, 0.1) is 23.7 Å². The van der Waals surface area contributed by atoms with Crippen LogP contribution in [0.5, 0.6) is 0 Å². The Bertz CT molecular complexity index is 1220. The van der Waals surface area contributed by atoms with Gasteiger partial charge in [0.15, 0.2) is 6.61 Å². The number of amides is 4. The van der Waals surface area contributed by atoms with Gasteiger partial charge in [-0.25, -0.2) is 4.79 Å². The predicted molar refractivity (Wildman–Crippen MR) is 129 cm³/mol. The van der Waals surface area contributed by atoms with E-state index in [1.165, 1.54) is 18.2 Å². The van der Waals surface area contributed by atoms with Crippen molar-refractivity contribution in [3.05, 3.63) is 65.7 Å². The lowest BCUT2D eigenvalue weighted by molar-refractivity contribution is -0.125. The second-order valence-corrected chi connectivity index (χ2v) is 10.0. The summed E-state index contributed by atoms with van der Waals surface area (Å²) in [5.41, 5.74) is 5.03. The highest BCUT2D eigenvalue weighted by Crippen LogP contribution is 2.59. The lowest BCUT2D eigenvalue weighted by Crippen LogP contribution is -2.43. The number of nitrogens with zero attached hydrogens (tertiary/aromatic N) is 1. The lowest BCUT2D eigenvalue weighted by atomic mass is 9.80. The number of carbonyl (C=O) groups is 5. The molecule has 186 valence electrons. The maximum absolute atomic E-state index is 13.2. The number of anilines is 1. The number of halogens is 2. The van der Waals surface area contributed by atoms with Crippen molar-refractivity contribution in [1.29, 1.82) is 0 Å². The van der Waals surface area contributed by atoms with E-state index in [9.17, 15) is 24.0 Å². The van der Waals surface area contributed by atoms with Gasteiger partial charge >= 0.3 is 5.97 Å². The number of hydrazine groups is 1. The summed E-state index contributed by atoms with van der Waals surface area (Å²) in [4.78, 5) is 63.9. The summed E-state index contributed by atoms with van der Waals surface area (Å²) in [6.45, 7) is -0.651. The van der Waals surface area contributed by atoms with Crippen LogP contribution in [-0.4, -0.2) is 47.0 Å². The zero-order chi connectivity index (χ0) is 25.6. The molecule has 2 N–H and O–H groups in total. The smallest absolute Gasteiger partial charge is 0.338 e. The molecule has 2 aliphatic carbocycles. The molecule has 2 aromatic rings. The molecule has 36 heavy (non-hydrogen) atoms. The van der Waals surface area contributed by atoms with E-state index < -0.39 is 36.2 Å². The van der Waals surface area contributed by atoms with Crippen LogP contribution in [0.25, 0.3) is 0 Å². The Morgan fingerprint density at radius 2 is 1.47 bits per heavy atom. The third-order valence-corrected chi connectivity index (χ3v) is 8.33. The van der Waals surface area contributed by atoms with E-state index in [0.717, 1.165) is 4.90 Å². The topological polar surface area (TPSA) is 122 Å². The van der Waals surface area contributed by atoms with Crippen molar-refractivity contribution in [2.24, 2.45) is 23.7 Å². The van der Waals surface area contributed by atoms with E-state index in [0.29, 0.717) is 12.0 Å². The Balaban J connectivity index is 1.20. The van der Waals surface area contributed by atoms with Crippen LogP contribution in [-0.2, 0) is 19.1 Å². The van der Waals surface area contributed by atoms with Gasteiger partial charge in [-0.05, 0) is 48.6 Å². The largest absolute Gasteiger partial charge is 0.452 e. The third kappa shape index (κ3) is 4.12. The SMILES string of the molecule is O=C(COC(=O)c1cccc(N2C(=O)[C@@H]3[C@H]4C[C@@H]([C@H](Cl)[C@H]4Cl)[C@@H]3C2=O)c1)NNC(=O)c1ccccc1. The van der Waals surface area contributed by atoms with Crippen molar-refractivity contribution in [3.8, 4) is 0 Å². The molecule has 0 spiro atoms. The van der Waals surface area contributed by atoms with Gasteiger partial charge in [0.1, 0.15) is 0 Å². The molecule has 1 saturated heterocycles. The van der Waals surface area contributed by atoms with Crippen LogP contribution in [0.4, 0.5) is 5.69 Å². The van der Waals surface area contributed by atoms with E-state index in [2.05, 4.69) is 10.9 Å². The average molecular weight is 530 g/mol. The van der Waals surface area contributed by atoms with Gasteiger partial charge in [-0.3, -0.25) is 34.9 Å². The van der Waals surface area contributed by atoms with Crippen LogP contribution in [0.3, 0.4) is 0 Å². The highest BCUT2D eigenvalue weighted by atomic mass is 35.5. The fourth-order valence-corrected chi connectivity index (χ4v) is 6.31. The zero-order valence-corrected chi connectivity index (χ0v) is 20.2. The summed E-state index contributed by atoms with van der Waals surface area (Å²) in [6, 6.07) is 14.1. The maximum atomic E-state index is 13.2. The fourth-order valence-electron chi connectivity index (χ4n) is 5.41. The number of imide groups is 1. The highest BCUT2D eigenvalue weighted by molar-refractivity contribution is 6.32. The monoisotopic (exact) mass is 529 g/mol. The molecule has 1 aliphatic heterocycles. The van der Waals surface area contributed by atoms with Gasteiger partial charge in [-0.2, -0.15) is 0 Å². The molecular weight excluding hydrogens is 509 g/mol. The first kappa shape index (κ1) is 24.3. The van der Waals surface area contributed by atoms with Crippen LogP contribution in [0.2, 0.25) is 0 Å². The Kier molecular flexibility index (Phi) is 6.44. The molecule has 2 bridgehead atoms. The molecule has 5 rings (SSSR count). The Hall–Kier alpha value is -3.43. The van der Waals surface area contributed by atoms with Gasteiger partial charge in [0.2, 0.25) is 11.8 Å². The molecule has 3 aliphatic rings. The number of benzene rings is 2. The van der Waals surface area contributed by atoms with Gasteiger partial charge in [-0.15, -0.1) is 23.2 Å². The van der Waals surface area contributed by atoms with Gasteiger partial charge in [0.25, 0.3) is 11.8 Å². The Morgan fingerprint density at radius 1 is 0.861 bits per heavy atom. The number of alkyl halides is 2. The molecule has 11 heteroatoms. The summed E-state index contributed by atoms with van der Waals surface area (Å²) in [5, 5.41) is -0.723. The first-order chi connectivity index (χ1) is 17.3. The van der Waals surface area contributed by atoms with Gasteiger partial charge < -0.3 is 4.74 Å². The summed E-state index contributed by atoms with van der Waals surface area (Å²) in [6.07, 6.45) is 0.656. The number of hydrogen-bond acceptors (Lipinski definition) is 6. The van der Waals surface area contributed by atoms with Crippen LogP contribution in [0.1, 0.15) is 27.1 Å². The van der Waals surface area contributed by atoms with Crippen molar-refractivity contribution in [2.75, 3.05) is 11.5 Å². The molecule has 0 aromatic heterocycles. The lowest BCUT2D eigenvalue weighted by Gasteiger charge is -2.28. The number of nitrogens with one attached hydrogen (secondary N) is 2. The van der Waals surface area contributed by atoms with Crippen LogP contribution < -0.4 is 15.8 Å². The van der Waals surface area contributed by atoms with E-state index in [4.69, 9.17) is 27.9 Å². The van der Waals surface area contributed by atoms with Crippen molar-refractivity contribution < 1.29 is 28.7 Å². The summed E-state index contributed by atoms with van der Waals surface area (Å²) >= 11 is 12.8. The van der Waals surface area contributed by atoms with Gasteiger partial charge in [-0.1, -0.05) is 24.3 Å². The van der Waals surface area contributed by atoms with Gasteiger partial charge in [0.05, 0.1) is 33.8 Å².